The Hall–Kier alpha value is -2.60. The molecule has 154 valence electrons. The van der Waals surface area contributed by atoms with Crippen LogP contribution in [0.4, 0.5) is 0 Å². The van der Waals surface area contributed by atoms with Gasteiger partial charge in [0.2, 0.25) is 0 Å². The van der Waals surface area contributed by atoms with Crippen molar-refractivity contribution < 1.29 is 19.0 Å². The summed E-state index contributed by atoms with van der Waals surface area (Å²) in [6, 6.07) is 20.2. The molecule has 2 aromatic carbocycles. The van der Waals surface area contributed by atoms with E-state index >= 15 is 0 Å². The molecular weight excluding hydrogens is 366 g/mol. The van der Waals surface area contributed by atoms with Crippen molar-refractivity contribution >= 4 is 0 Å². The molecule has 1 N–H and O–H groups in total. The molecule has 0 saturated heterocycles. The Balaban J connectivity index is 1.60. The average Bonchev–Trinajstić information content (AvgIpc) is 3.22. The van der Waals surface area contributed by atoms with E-state index in [-0.39, 0.29) is 6.61 Å². The number of methoxy groups -OCH3 is 1. The van der Waals surface area contributed by atoms with Crippen LogP contribution in [0.15, 0.2) is 71.3 Å². The number of hydrogen-bond donors (Lipinski definition) is 1. The highest BCUT2D eigenvalue weighted by Crippen LogP contribution is 2.16. The Kier molecular flexibility index (Phi) is 7.87. The number of rotatable bonds is 11. The van der Waals surface area contributed by atoms with Crippen LogP contribution in [0.3, 0.4) is 0 Å². The molecule has 0 aliphatic carbocycles. The second-order valence-corrected chi connectivity index (χ2v) is 7.26. The lowest BCUT2D eigenvalue weighted by Gasteiger charge is -2.25. The maximum atomic E-state index is 10.5. The number of aliphatic hydroxyl groups is 1. The first-order valence-electron chi connectivity index (χ1n) is 9.81. The molecule has 3 rings (SSSR count). The van der Waals surface area contributed by atoms with Crippen molar-refractivity contribution in [2.24, 2.45) is 0 Å². The highest BCUT2D eigenvalue weighted by atomic mass is 16.5. The lowest BCUT2D eigenvalue weighted by Crippen LogP contribution is -2.34. The molecule has 5 heteroatoms. The number of benzene rings is 2. The van der Waals surface area contributed by atoms with E-state index in [4.69, 9.17) is 13.9 Å². The summed E-state index contributed by atoms with van der Waals surface area (Å²) in [6.07, 6.45) is 1.03. The first-order valence-corrected chi connectivity index (χ1v) is 9.81. The van der Waals surface area contributed by atoms with Crippen molar-refractivity contribution in [1.29, 1.82) is 0 Å². The van der Waals surface area contributed by atoms with E-state index in [0.29, 0.717) is 13.2 Å². The molecule has 29 heavy (non-hydrogen) atoms. The summed E-state index contributed by atoms with van der Waals surface area (Å²) in [5.41, 5.74) is 3.62. The fraction of sp³-hybridized carbons (Fsp3) is 0.333. The fourth-order valence-electron chi connectivity index (χ4n) is 3.28. The van der Waals surface area contributed by atoms with Gasteiger partial charge in [-0.15, -0.1) is 0 Å². The van der Waals surface area contributed by atoms with Crippen LogP contribution in [0.2, 0.25) is 0 Å². The molecule has 5 nitrogen and oxygen atoms in total. The van der Waals surface area contributed by atoms with Crippen molar-refractivity contribution in [2.75, 3.05) is 20.3 Å². The molecule has 1 unspecified atom stereocenters. The molecule has 0 bridgehead atoms. The van der Waals surface area contributed by atoms with Crippen LogP contribution in [-0.4, -0.2) is 36.4 Å². The maximum Gasteiger partial charge on any atom is 0.129 e. The lowest BCUT2D eigenvalue weighted by molar-refractivity contribution is 0.00253. The first kappa shape index (κ1) is 21.1. The Morgan fingerprint density at radius 1 is 1.00 bits per heavy atom. The number of ether oxygens (including phenoxy) is 2. The van der Waals surface area contributed by atoms with E-state index in [9.17, 15) is 5.11 Å². The lowest BCUT2D eigenvalue weighted by atomic mass is 10.1. The SMILES string of the molecule is COc1ccc(CN(Cc2cccc(C)c2)CC(O)COCc2ccco2)cc1. The molecule has 1 heterocycles. The van der Waals surface area contributed by atoms with Gasteiger partial charge in [-0.05, 0) is 42.3 Å². The van der Waals surface area contributed by atoms with Crippen LogP contribution in [0.5, 0.6) is 5.75 Å². The van der Waals surface area contributed by atoms with Gasteiger partial charge in [0.1, 0.15) is 18.1 Å². The summed E-state index contributed by atoms with van der Waals surface area (Å²) >= 11 is 0. The monoisotopic (exact) mass is 395 g/mol. The molecule has 1 atom stereocenters. The zero-order valence-electron chi connectivity index (χ0n) is 17.1. The average molecular weight is 395 g/mol. The van der Waals surface area contributed by atoms with Crippen molar-refractivity contribution in [2.45, 2.75) is 32.7 Å². The summed E-state index contributed by atoms with van der Waals surface area (Å²) in [4.78, 5) is 2.23. The van der Waals surface area contributed by atoms with Crippen LogP contribution in [0.25, 0.3) is 0 Å². The van der Waals surface area contributed by atoms with Gasteiger partial charge in [-0.1, -0.05) is 42.0 Å². The summed E-state index contributed by atoms with van der Waals surface area (Å²) < 4.78 is 16.1. The third-order valence-corrected chi connectivity index (χ3v) is 4.66. The van der Waals surface area contributed by atoms with Crippen molar-refractivity contribution in [1.82, 2.24) is 4.90 Å². The second-order valence-electron chi connectivity index (χ2n) is 7.26. The van der Waals surface area contributed by atoms with Crippen LogP contribution < -0.4 is 4.74 Å². The summed E-state index contributed by atoms with van der Waals surface area (Å²) in [6.45, 7) is 4.71. The predicted molar refractivity (Wildman–Crippen MR) is 113 cm³/mol. The summed E-state index contributed by atoms with van der Waals surface area (Å²) in [5, 5.41) is 10.5. The highest BCUT2D eigenvalue weighted by Gasteiger charge is 2.14. The molecule has 0 aliphatic heterocycles. The smallest absolute Gasteiger partial charge is 0.129 e. The largest absolute Gasteiger partial charge is 0.497 e. The Morgan fingerprint density at radius 3 is 2.48 bits per heavy atom. The minimum absolute atomic E-state index is 0.258. The molecule has 0 radical (unpaired) electrons. The summed E-state index contributed by atoms with van der Waals surface area (Å²) in [5.74, 6) is 1.59. The number of nitrogens with zero attached hydrogens (tertiary/aromatic N) is 1. The number of furan rings is 1. The van der Waals surface area contributed by atoms with Gasteiger partial charge in [0.25, 0.3) is 0 Å². The van der Waals surface area contributed by atoms with Gasteiger partial charge in [-0.25, -0.2) is 0 Å². The van der Waals surface area contributed by atoms with Gasteiger partial charge in [0, 0.05) is 19.6 Å². The second kappa shape index (κ2) is 10.8. The van der Waals surface area contributed by atoms with Crippen LogP contribution in [0.1, 0.15) is 22.5 Å². The normalized spacial score (nSPS) is 12.3. The highest BCUT2D eigenvalue weighted by molar-refractivity contribution is 5.27. The molecule has 0 spiro atoms. The van der Waals surface area contributed by atoms with Crippen LogP contribution in [-0.2, 0) is 24.4 Å². The minimum atomic E-state index is -0.590. The number of aliphatic hydroxyl groups excluding tert-OH is 1. The number of hydrogen-bond acceptors (Lipinski definition) is 5. The van der Waals surface area contributed by atoms with Gasteiger partial charge in [-0.2, -0.15) is 0 Å². The molecule has 0 saturated carbocycles. The van der Waals surface area contributed by atoms with E-state index in [1.54, 1.807) is 13.4 Å². The zero-order chi connectivity index (χ0) is 20.5. The molecule has 0 fully saturated rings. The molecule has 3 aromatic rings. The third kappa shape index (κ3) is 7.06. The van der Waals surface area contributed by atoms with Crippen molar-refractivity contribution in [3.05, 3.63) is 89.4 Å². The summed E-state index contributed by atoms with van der Waals surface area (Å²) in [7, 11) is 1.66. The molecule has 0 amide bonds. The van der Waals surface area contributed by atoms with Crippen molar-refractivity contribution in [3.8, 4) is 5.75 Å². The third-order valence-electron chi connectivity index (χ3n) is 4.66. The molecule has 0 aliphatic rings. The van der Waals surface area contributed by atoms with E-state index in [0.717, 1.165) is 24.6 Å². The minimum Gasteiger partial charge on any atom is -0.497 e. The molecular formula is C24H29NO4. The van der Waals surface area contributed by atoms with Gasteiger partial charge < -0.3 is 19.0 Å². The number of aryl methyl sites for hydroxylation is 1. The van der Waals surface area contributed by atoms with E-state index < -0.39 is 6.10 Å². The van der Waals surface area contributed by atoms with Gasteiger partial charge in [-0.3, -0.25) is 4.90 Å². The van der Waals surface area contributed by atoms with E-state index in [1.165, 1.54) is 16.7 Å². The van der Waals surface area contributed by atoms with Gasteiger partial charge in [0.05, 0.1) is 26.1 Å². The Morgan fingerprint density at radius 2 is 1.79 bits per heavy atom. The van der Waals surface area contributed by atoms with E-state index in [2.05, 4.69) is 48.2 Å². The Bertz CT molecular complexity index is 846. The van der Waals surface area contributed by atoms with E-state index in [1.807, 2.05) is 24.3 Å². The van der Waals surface area contributed by atoms with Gasteiger partial charge >= 0.3 is 0 Å². The van der Waals surface area contributed by atoms with Crippen LogP contribution >= 0.6 is 0 Å². The quantitative estimate of drug-likeness (QED) is 0.528. The Labute approximate surface area is 172 Å². The topological polar surface area (TPSA) is 55.1 Å². The predicted octanol–water partition coefficient (Wildman–Crippen LogP) is 4.18. The van der Waals surface area contributed by atoms with Crippen molar-refractivity contribution in [3.63, 3.8) is 0 Å². The van der Waals surface area contributed by atoms with Gasteiger partial charge in [0.15, 0.2) is 0 Å². The fourth-order valence-corrected chi connectivity index (χ4v) is 3.28. The molecule has 1 aromatic heterocycles. The zero-order valence-corrected chi connectivity index (χ0v) is 17.1. The maximum absolute atomic E-state index is 10.5. The standard InChI is InChI=1S/C24H29NO4/c1-19-5-3-6-21(13-19)15-25(14-20-8-10-23(27-2)11-9-20)16-22(26)17-28-18-24-7-4-12-29-24/h3-13,22,26H,14-18H2,1-2H3. The van der Waals surface area contributed by atoms with Crippen LogP contribution in [0, 0.1) is 6.92 Å². The first-order chi connectivity index (χ1) is 14.1.